The molecule has 2 aromatic rings. The van der Waals surface area contributed by atoms with Crippen LogP contribution in [0.15, 0.2) is 49.1 Å². The highest BCUT2D eigenvalue weighted by Crippen LogP contribution is 2.34. The van der Waals surface area contributed by atoms with Crippen molar-refractivity contribution in [1.82, 2.24) is 9.97 Å². The van der Waals surface area contributed by atoms with Gasteiger partial charge in [0.05, 0.1) is 5.41 Å². The number of carbonyl (C=O) groups excluding carboxylic acids is 1. The summed E-state index contributed by atoms with van der Waals surface area (Å²) in [4.78, 5) is 21.1. The van der Waals surface area contributed by atoms with Gasteiger partial charge in [-0.05, 0) is 36.6 Å². The van der Waals surface area contributed by atoms with E-state index in [4.69, 9.17) is 0 Å². The van der Waals surface area contributed by atoms with Crippen molar-refractivity contribution in [1.29, 1.82) is 0 Å². The second-order valence-corrected chi connectivity index (χ2v) is 4.60. The molecule has 0 atom stereocenters. The lowest BCUT2D eigenvalue weighted by Crippen LogP contribution is -2.35. The van der Waals surface area contributed by atoms with Crippen molar-refractivity contribution in [2.24, 2.45) is 0 Å². The highest BCUT2D eigenvalue weighted by Gasteiger charge is 2.37. The molecule has 0 aliphatic carbocycles. The number of Topliss-reactive ketones (excluding diaryl/α,β-unsaturated/α-hetero) is 1. The summed E-state index contributed by atoms with van der Waals surface area (Å²) >= 11 is 0. The van der Waals surface area contributed by atoms with Gasteiger partial charge in [0.2, 0.25) is 0 Å². The first kappa shape index (κ1) is 13.4. The quantitative estimate of drug-likeness (QED) is 0.768. The zero-order valence-electron chi connectivity index (χ0n) is 11.3. The predicted molar refractivity (Wildman–Crippen MR) is 75.1 cm³/mol. The fourth-order valence-electron chi connectivity index (χ4n) is 2.53. The number of pyridine rings is 2. The zero-order chi connectivity index (χ0) is 13.7. The van der Waals surface area contributed by atoms with Gasteiger partial charge in [-0.1, -0.05) is 19.9 Å². The van der Waals surface area contributed by atoms with Crippen molar-refractivity contribution in [3.8, 4) is 0 Å². The molecule has 19 heavy (non-hydrogen) atoms. The molecule has 98 valence electrons. The zero-order valence-corrected chi connectivity index (χ0v) is 11.3. The monoisotopic (exact) mass is 254 g/mol. The molecule has 0 bridgehead atoms. The number of rotatable bonds is 5. The van der Waals surface area contributed by atoms with E-state index >= 15 is 0 Å². The van der Waals surface area contributed by atoms with E-state index in [0.29, 0.717) is 5.56 Å². The van der Waals surface area contributed by atoms with E-state index < -0.39 is 5.41 Å². The summed E-state index contributed by atoms with van der Waals surface area (Å²) in [6.45, 7) is 4.09. The first-order valence-corrected chi connectivity index (χ1v) is 6.60. The van der Waals surface area contributed by atoms with Crippen LogP contribution in [0.1, 0.15) is 42.6 Å². The number of nitrogens with zero attached hydrogens (tertiary/aromatic N) is 2. The van der Waals surface area contributed by atoms with Gasteiger partial charge in [0, 0.05) is 30.4 Å². The van der Waals surface area contributed by atoms with Gasteiger partial charge >= 0.3 is 0 Å². The van der Waals surface area contributed by atoms with Gasteiger partial charge in [-0.2, -0.15) is 0 Å². The van der Waals surface area contributed by atoms with Crippen LogP contribution >= 0.6 is 0 Å². The molecule has 0 saturated carbocycles. The molecule has 0 spiro atoms. The van der Waals surface area contributed by atoms with Crippen LogP contribution < -0.4 is 0 Å². The van der Waals surface area contributed by atoms with Crippen molar-refractivity contribution in [3.05, 3.63) is 60.2 Å². The van der Waals surface area contributed by atoms with E-state index in [1.54, 1.807) is 30.9 Å². The molecule has 0 amide bonds. The van der Waals surface area contributed by atoms with Crippen LogP contribution in [-0.4, -0.2) is 15.8 Å². The van der Waals surface area contributed by atoms with Crippen LogP contribution in [-0.2, 0) is 5.41 Å². The summed E-state index contributed by atoms with van der Waals surface area (Å²) in [5, 5.41) is 0. The van der Waals surface area contributed by atoms with Crippen LogP contribution in [0.3, 0.4) is 0 Å². The molecule has 2 rings (SSSR count). The Labute approximate surface area is 113 Å². The maximum atomic E-state index is 12.9. The summed E-state index contributed by atoms with van der Waals surface area (Å²) in [6.07, 6.45) is 8.35. The molecule has 0 radical (unpaired) electrons. The van der Waals surface area contributed by atoms with Crippen LogP contribution in [0.4, 0.5) is 0 Å². The minimum atomic E-state index is -0.503. The van der Waals surface area contributed by atoms with E-state index in [2.05, 4.69) is 9.97 Å². The van der Waals surface area contributed by atoms with E-state index in [1.807, 2.05) is 32.0 Å². The molecule has 0 fully saturated rings. The van der Waals surface area contributed by atoms with Gasteiger partial charge in [-0.3, -0.25) is 14.8 Å². The third-order valence-corrected chi connectivity index (χ3v) is 3.78. The maximum Gasteiger partial charge on any atom is 0.174 e. The first-order chi connectivity index (χ1) is 9.24. The Kier molecular flexibility index (Phi) is 4.05. The van der Waals surface area contributed by atoms with Crippen molar-refractivity contribution >= 4 is 5.78 Å². The Morgan fingerprint density at radius 2 is 1.68 bits per heavy atom. The molecule has 0 aromatic carbocycles. The summed E-state index contributed by atoms with van der Waals surface area (Å²) < 4.78 is 0. The molecule has 0 aliphatic heterocycles. The highest BCUT2D eigenvalue weighted by atomic mass is 16.1. The molecule has 0 N–H and O–H groups in total. The van der Waals surface area contributed by atoms with E-state index in [1.165, 1.54) is 0 Å². The number of hydrogen-bond donors (Lipinski definition) is 0. The van der Waals surface area contributed by atoms with Gasteiger partial charge < -0.3 is 0 Å². The van der Waals surface area contributed by atoms with Gasteiger partial charge in [-0.25, -0.2) is 0 Å². The summed E-state index contributed by atoms with van der Waals surface area (Å²) in [5.74, 6) is 0.124. The predicted octanol–water partition coefficient (Wildman–Crippen LogP) is 3.42. The van der Waals surface area contributed by atoms with Gasteiger partial charge in [0.1, 0.15) is 0 Å². The molecule has 2 heterocycles. The van der Waals surface area contributed by atoms with Gasteiger partial charge in [-0.15, -0.1) is 0 Å². The fourth-order valence-corrected chi connectivity index (χ4v) is 2.53. The lowest BCUT2D eigenvalue weighted by Gasteiger charge is -2.30. The minimum absolute atomic E-state index is 0.124. The lowest BCUT2D eigenvalue weighted by molar-refractivity contribution is 0.0872. The molecule has 0 aliphatic rings. The van der Waals surface area contributed by atoms with Crippen LogP contribution in [0, 0.1) is 0 Å². The first-order valence-electron chi connectivity index (χ1n) is 6.60. The second-order valence-electron chi connectivity index (χ2n) is 4.60. The van der Waals surface area contributed by atoms with Gasteiger partial charge in [0.25, 0.3) is 0 Å². The fraction of sp³-hybridized carbons (Fsp3) is 0.312. The molecular weight excluding hydrogens is 236 g/mol. The normalized spacial score (nSPS) is 11.3. The lowest BCUT2D eigenvalue weighted by atomic mass is 9.71. The van der Waals surface area contributed by atoms with Crippen LogP contribution in [0.25, 0.3) is 0 Å². The van der Waals surface area contributed by atoms with E-state index in [-0.39, 0.29) is 5.78 Å². The molecule has 2 aromatic heterocycles. The standard InChI is InChI=1S/C16H18N2O/c1-3-16(4-2,14-8-6-10-18-12-14)15(19)13-7-5-9-17-11-13/h5-12H,3-4H2,1-2H3. The Hall–Kier alpha value is -2.03. The topological polar surface area (TPSA) is 42.9 Å². The second kappa shape index (κ2) is 5.74. The van der Waals surface area contributed by atoms with Crippen LogP contribution in [0.2, 0.25) is 0 Å². The Balaban J connectivity index is 2.49. The summed E-state index contributed by atoms with van der Waals surface area (Å²) in [5.41, 5.74) is 1.14. The van der Waals surface area contributed by atoms with Gasteiger partial charge in [0.15, 0.2) is 5.78 Å². The largest absolute Gasteiger partial charge is 0.293 e. The average Bonchev–Trinajstić information content (AvgIpc) is 2.51. The maximum absolute atomic E-state index is 12.9. The molecule has 3 nitrogen and oxygen atoms in total. The third-order valence-electron chi connectivity index (χ3n) is 3.78. The molecule has 0 saturated heterocycles. The minimum Gasteiger partial charge on any atom is -0.293 e. The molecule has 0 unspecified atom stereocenters. The Morgan fingerprint density at radius 1 is 1.05 bits per heavy atom. The van der Waals surface area contributed by atoms with E-state index in [9.17, 15) is 4.79 Å². The third kappa shape index (κ3) is 2.41. The van der Waals surface area contributed by atoms with Crippen molar-refractivity contribution in [2.75, 3.05) is 0 Å². The average molecular weight is 254 g/mol. The van der Waals surface area contributed by atoms with Crippen molar-refractivity contribution in [3.63, 3.8) is 0 Å². The SMILES string of the molecule is CCC(CC)(C(=O)c1cccnc1)c1cccnc1. The Bertz CT molecular complexity index is 533. The highest BCUT2D eigenvalue weighted by molar-refractivity contribution is 6.03. The number of hydrogen-bond acceptors (Lipinski definition) is 3. The van der Waals surface area contributed by atoms with E-state index in [0.717, 1.165) is 18.4 Å². The molecule has 3 heteroatoms. The van der Waals surface area contributed by atoms with Crippen molar-refractivity contribution in [2.45, 2.75) is 32.1 Å². The smallest absolute Gasteiger partial charge is 0.174 e. The summed E-state index contributed by atoms with van der Waals surface area (Å²) in [7, 11) is 0. The number of aromatic nitrogens is 2. The number of carbonyl (C=O) groups is 1. The van der Waals surface area contributed by atoms with Crippen molar-refractivity contribution < 1.29 is 4.79 Å². The summed E-state index contributed by atoms with van der Waals surface area (Å²) in [6, 6.07) is 7.48. The Morgan fingerprint density at radius 3 is 2.16 bits per heavy atom. The number of ketones is 1. The molecular formula is C16H18N2O. The van der Waals surface area contributed by atoms with Crippen LogP contribution in [0.5, 0.6) is 0 Å².